The SMILES string of the molecule is O=C(O)c1cccc(CN2CCOCCOCCN(Cc3cc(CCc4ccc(N=C=S)cc4)cc(C(=O)O)n3)CCOCCOCC2)n1. The number of nitrogens with zero attached hydrogens (tertiary/aromatic N) is 5. The average molecular weight is 694 g/mol. The van der Waals surface area contributed by atoms with Gasteiger partial charge in [-0.25, -0.2) is 19.6 Å². The molecule has 14 heteroatoms. The van der Waals surface area contributed by atoms with Crippen LogP contribution in [0.1, 0.15) is 43.5 Å². The van der Waals surface area contributed by atoms with Crippen LogP contribution in [0.3, 0.4) is 0 Å². The number of carboxylic acid groups (broad SMARTS) is 2. The van der Waals surface area contributed by atoms with Crippen LogP contribution < -0.4 is 0 Å². The number of aryl methyl sites for hydroxylation is 2. The third-order valence-electron chi connectivity index (χ3n) is 7.72. The molecule has 0 saturated carbocycles. The van der Waals surface area contributed by atoms with Crippen LogP contribution in [0.25, 0.3) is 0 Å². The van der Waals surface area contributed by atoms with Gasteiger partial charge in [0, 0.05) is 39.3 Å². The number of hydrogen-bond acceptors (Lipinski definition) is 12. The summed E-state index contributed by atoms with van der Waals surface area (Å²) in [5.41, 5.74) is 4.11. The lowest BCUT2D eigenvalue weighted by Crippen LogP contribution is -2.33. The molecule has 0 amide bonds. The van der Waals surface area contributed by atoms with Gasteiger partial charge >= 0.3 is 11.9 Å². The second kappa shape index (κ2) is 21.2. The number of ether oxygens (including phenoxy) is 4. The lowest BCUT2D eigenvalue weighted by atomic mass is 10.0. The van der Waals surface area contributed by atoms with Crippen molar-refractivity contribution in [3.05, 3.63) is 88.5 Å². The molecule has 4 rings (SSSR count). The van der Waals surface area contributed by atoms with E-state index in [-0.39, 0.29) is 11.4 Å². The predicted molar refractivity (Wildman–Crippen MR) is 185 cm³/mol. The van der Waals surface area contributed by atoms with Crippen LogP contribution in [-0.2, 0) is 44.9 Å². The van der Waals surface area contributed by atoms with Gasteiger partial charge in [0.15, 0.2) is 0 Å². The zero-order chi connectivity index (χ0) is 34.7. The molecule has 0 unspecified atom stereocenters. The number of carbonyl (C=O) groups is 2. The molecule has 1 aliphatic rings. The van der Waals surface area contributed by atoms with Crippen LogP contribution in [0.4, 0.5) is 5.69 Å². The molecule has 1 aliphatic heterocycles. The number of rotatable bonds is 10. The molecular weight excluding hydrogens is 650 g/mol. The van der Waals surface area contributed by atoms with Crippen LogP contribution in [-0.4, -0.2) is 126 Å². The fourth-order valence-electron chi connectivity index (χ4n) is 5.17. The lowest BCUT2D eigenvalue weighted by Gasteiger charge is -2.23. The standard InChI is InChI=1S/C35H43N5O8S/c41-34(42)32-3-1-2-30(37-32)24-39-10-14-45-18-20-47-16-12-40(13-17-48-21-19-46-15-11-39)25-31-22-28(23-33(38-31)35(43)44)5-4-27-6-8-29(9-7-27)36-26-49/h1-3,6-9,22-23H,4-5,10-21,24-25H2,(H,41,42)(H,43,44). The molecule has 13 nitrogen and oxygen atoms in total. The van der Waals surface area contributed by atoms with Crippen molar-refractivity contribution in [2.45, 2.75) is 25.9 Å². The molecule has 0 bridgehead atoms. The third kappa shape index (κ3) is 14.2. The minimum atomic E-state index is -1.07. The van der Waals surface area contributed by atoms with E-state index in [9.17, 15) is 19.8 Å². The smallest absolute Gasteiger partial charge is 0.354 e. The molecule has 2 aromatic heterocycles. The number of carboxylic acids is 2. The maximum Gasteiger partial charge on any atom is 0.354 e. The fraction of sp³-hybridized carbons (Fsp3) is 0.457. The number of isothiocyanates is 1. The largest absolute Gasteiger partial charge is 0.477 e. The van der Waals surface area contributed by atoms with Gasteiger partial charge in [0.2, 0.25) is 0 Å². The fourth-order valence-corrected chi connectivity index (χ4v) is 5.27. The van der Waals surface area contributed by atoms with E-state index in [1.807, 2.05) is 36.4 Å². The molecule has 1 aromatic carbocycles. The second-order valence-electron chi connectivity index (χ2n) is 11.3. The van der Waals surface area contributed by atoms with Gasteiger partial charge in [-0.1, -0.05) is 18.2 Å². The number of pyridine rings is 2. The summed E-state index contributed by atoms with van der Waals surface area (Å²) in [5, 5.41) is 21.4. The molecular formula is C35H43N5O8S. The van der Waals surface area contributed by atoms with E-state index < -0.39 is 11.9 Å². The third-order valence-corrected chi connectivity index (χ3v) is 7.81. The number of hydrogen-bond donors (Lipinski definition) is 2. The Morgan fingerprint density at radius 3 is 1.71 bits per heavy atom. The van der Waals surface area contributed by atoms with Gasteiger partial charge in [-0.15, -0.1) is 0 Å². The van der Waals surface area contributed by atoms with Gasteiger partial charge < -0.3 is 29.2 Å². The number of thiocarbonyl (C=S) groups is 1. The van der Waals surface area contributed by atoms with E-state index in [4.69, 9.17) is 18.9 Å². The average Bonchev–Trinajstić information content (AvgIpc) is 3.09. The molecule has 1 saturated heterocycles. The van der Waals surface area contributed by atoms with Crippen LogP contribution in [0.5, 0.6) is 0 Å². The molecule has 0 atom stereocenters. The Kier molecular flexibility index (Phi) is 16.4. The van der Waals surface area contributed by atoms with Gasteiger partial charge in [-0.05, 0) is 72.6 Å². The normalized spacial score (nSPS) is 16.6. The number of aliphatic imine (C=N–C) groups is 1. The summed E-state index contributed by atoms with van der Waals surface area (Å²) < 4.78 is 23.4. The van der Waals surface area contributed by atoms with Gasteiger partial charge in [0.1, 0.15) is 11.4 Å². The Labute approximate surface area is 291 Å². The Hall–Kier alpha value is -3.98. The van der Waals surface area contributed by atoms with E-state index in [0.717, 1.165) is 23.2 Å². The molecule has 0 radical (unpaired) electrons. The van der Waals surface area contributed by atoms with Gasteiger partial charge in [-0.2, -0.15) is 4.99 Å². The summed E-state index contributed by atoms with van der Waals surface area (Å²) in [6, 6.07) is 16.3. The lowest BCUT2D eigenvalue weighted by molar-refractivity contribution is 0.00597. The quantitative estimate of drug-likeness (QED) is 0.234. The molecule has 0 aliphatic carbocycles. The summed E-state index contributed by atoms with van der Waals surface area (Å²) >= 11 is 4.67. The molecule has 0 spiro atoms. The van der Waals surface area contributed by atoms with Crippen molar-refractivity contribution in [1.29, 1.82) is 0 Å². The first-order valence-electron chi connectivity index (χ1n) is 16.2. The molecule has 262 valence electrons. The van der Waals surface area contributed by atoms with Crippen LogP contribution in [0.15, 0.2) is 59.6 Å². The summed E-state index contributed by atoms with van der Waals surface area (Å²) in [5.74, 6) is -2.12. The second-order valence-corrected chi connectivity index (χ2v) is 11.5. The van der Waals surface area contributed by atoms with Crippen molar-refractivity contribution < 1.29 is 38.7 Å². The zero-order valence-corrected chi connectivity index (χ0v) is 28.3. The van der Waals surface area contributed by atoms with Crippen molar-refractivity contribution in [2.75, 3.05) is 79.0 Å². The van der Waals surface area contributed by atoms with E-state index >= 15 is 0 Å². The first kappa shape index (κ1) is 37.8. The highest BCUT2D eigenvalue weighted by Gasteiger charge is 2.14. The van der Waals surface area contributed by atoms with Gasteiger partial charge in [0.25, 0.3) is 0 Å². The highest BCUT2D eigenvalue weighted by Crippen LogP contribution is 2.16. The number of aromatic carboxylic acids is 2. The molecule has 3 aromatic rings. The molecule has 3 heterocycles. The minimum absolute atomic E-state index is 0.0157. The van der Waals surface area contributed by atoms with Crippen LogP contribution >= 0.6 is 12.2 Å². The summed E-state index contributed by atoms with van der Waals surface area (Å²) in [7, 11) is 0. The maximum absolute atomic E-state index is 11.9. The first-order chi connectivity index (χ1) is 23.9. The van der Waals surface area contributed by atoms with Crippen molar-refractivity contribution in [3.8, 4) is 0 Å². The van der Waals surface area contributed by atoms with E-state index in [1.54, 1.807) is 12.1 Å². The minimum Gasteiger partial charge on any atom is -0.477 e. The van der Waals surface area contributed by atoms with Crippen molar-refractivity contribution in [1.82, 2.24) is 19.8 Å². The Morgan fingerprint density at radius 2 is 1.18 bits per heavy atom. The topological polar surface area (TPSA) is 156 Å². The summed E-state index contributed by atoms with van der Waals surface area (Å²) in [6.07, 6.45) is 1.39. The van der Waals surface area contributed by atoms with Gasteiger partial charge in [-0.3, -0.25) is 9.80 Å². The summed E-state index contributed by atoms with van der Waals surface area (Å²) in [6.45, 7) is 6.90. The Bertz CT molecular complexity index is 1520. The van der Waals surface area contributed by atoms with Crippen molar-refractivity contribution in [2.24, 2.45) is 4.99 Å². The van der Waals surface area contributed by atoms with Crippen LogP contribution in [0.2, 0.25) is 0 Å². The van der Waals surface area contributed by atoms with Gasteiger partial charge in [0.05, 0.1) is 75.1 Å². The van der Waals surface area contributed by atoms with Crippen LogP contribution in [0, 0.1) is 0 Å². The zero-order valence-electron chi connectivity index (χ0n) is 27.5. The Balaban J connectivity index is 1.30. The van der Waals surface area contributed by atoms with Crippen molar-refractivity contribution in [3.63, 3.8) is 0 Å². The predicted octanol–water partition coefficient (Wildman–Crippen LogP) is 3.78. The molecule has 1 fully saturated rings. The first-order valence-corrected chi connectivity index (χ1v) is 16.7. The molecule has 49 heavy (non-hydrogen) atoms. The Morgan fingerprint density at radius 1 is 0.673 bits per heavy atom. The highest BCUT2D eigenvalue weighted by molar-refractivity contribution is 7.78. The summed E-state index contributed by atoms with van der Waals surface area (Å²) in [4.78, 5) is 40.2. The number of aromatic nitrogens is 2. The van der Waals surface area contributed by atoms with E-state index in [2.05, 4.69) is 42.1 Å². The van der Waals surface area contributed by atoms with E-state index in [1.165, 1.54) is 6.07 Å². The van der Waals surface area contributed by atoms with E-state index in [0.29, 0.717) is 110 Å². The monoisotopic (exact) mass is 693 g/mol. The maximum atomic E-state index is 11.9. The van der Waals surface area contributed by atoms with Crippen molar-refractivity contribution >= 4 is 35.0 Å². The highest BCUT2D eigenvalue weighted by atomic mass is 32.1. The molecule has 2 N–H and O–H groups in total. The number of benzene rings is 1.